The Bertz CT molecular complexity index is 603. The fraction of sp³-hybridized carbons (Fsp3) is 0.429. The fourth-order valence-corrected chi connectivity index (χ4v) is 3.56. The zero-order valence-corrected chi connectivity index (χ0v) is 12.0. The van der Waals surface area contributed by atoms with Gasteiger partial charge in [0.25, 0.3) is 0 Å². The zero-order chi connectivity index (χ0) is 13.9. The minimum atomic E-state index is -0.170. The van der Waals surface area contributed by atoms with Gasteiger partial charge in [0.05, 0.1) is 5.75 Å². The Hall–Kier alpha value is -1.40. The predicted molar refractivity (Wildman–Crippen MR) is 73.8 cm³/mol. The maximum absolute atomic E-state index is 13.3. The van der Waals surface area contributed by atoms with E-state index in [1.54, 1.807) is 24.9 Å². The first-order valence-electron chi connectivity index (χ1n) is 6.46. The second kappa shape index (κ2) is 5.93. The van der Waals surface area contributed by atoms with Crippen LogP contribution >= 0.6 is 11.8 Å². The Labute approximate surface area is 120 Å². The van der Waals surface area contributed by atoms with Crippen LogP contribution in [0.25, 0.3) is 0 Å². The molecule has 0 N–H and O–H groups in total. The summed E-state index contributed by atoms with van der Waals surface area (Å²) in [5, 5.41) is 4.13. The number of nitrogens with zero attached hydrogens (tertiary/aromatic N) is 2. The van der Waals surface area contributed by atoms with Gasteiger partial charge in [-0.2, -0.15) is 4.98 Å². The van der Waals surface area contributed by atoms with Crippen molar-refractivity contribution >= 4 is 11.8 Å². The third-order valence-electron chi connectivity index (χ3n) is 3.32. The van der Waals surface area contributed by atoms with Gasteiger partial charge >= 0.3 is 0 Å². The molecule has 1 aliphatic rings. The van der Waals surface area contributed by atoms with E-state index in [-0.39, 0.29) is 5.82 Å². The molecule has 0 saturated heterocycles. The molecule has 1 heterocycles. The van der Waals surface area contributed by atoms with Gasteiger partial charge in [-0.3, -0.25) is 0 Å². The van der Waals surface area contributed by atoms with Gasteiger partial charge in [-0.05, 0) is 36.1 Å². The Morgan fingerprint density at radius 2 is 2.40 bits per heavy atom. The lowest BCUT2D eigenvalue weighted by molar-refractivity contribution is 0.174. The molecule has 0 radical (unpaired) electrons. The second-order valence-electron chi connectivity index (χ2n) is 4.72. The molecule has 0 unspecified atom stereocenters. The SMILES string of the molecule is COCc1noc(CS[C@H]2CCc3ccc(F)cc32)n1. The van der Waals surface area contributed by atoms with Crippen molar-refractivity contribution in [3.05, 3.63) is 46.9 Å². The molecule has 20 heavy (non-hydrogen) atoms. The summed E-state index contributed by atoms with van der Waals surface area (Å²) in [6.45, 7) is 0.353. The number of hydrogen-bond donors (Lipinski definition) is 0. The summed E-state index contributed by atoms with van der Waals surface area (Å²) in [6.07, 6.45) is 2.04. The fourth-order valence-electron chi connectivity index (χ4n) is 2.42. The van der Waals surface area contributed by atoms with E-state index in [1.807, 2.05) is 6.07 Å². The molecular weight excluding hydrogens is 279 g/mol. The molecule has 106 valence electrons. The summed E-state index contributed by atoms with van der Waals surface area (Å²) in [5.74, 6) is 1.61. The van der Waals surface area contributed by atoms with Gasteiger partial charge in [-0.25, -0.2) is 4.39 Å². The molecule has 0 saturated carbocycles. The van der Waals surface area contributed by atoms with Gasteiger partial charge in [0.1, 0.15) is 12.4 Å². The summed E-state index contributed by atoms with van der Waals surface area (Å²) in [6, 6.07) is 5.06. The monoisotopic (exact) mass is 294 g/mol. The highest BCUT2D eigenvalue weighted by molar-refractivity contribution is 7.98. The number of fused-ring (bicyclic) bond motifs is 1. The van der Waals surface area contributed by atoms with Crippen molar-refractivity contribution in [1.29, 1.82) is 0 Å². The predicted octanol–water partition coefficient (Wildman–Crippen LogP) is 3.28. The first-order chi connectivity index (χ1) is 9.76. The number of methoxy groups -OCH3 is 1. The molecule has 1 aromatic heterocycles. The number of halogens is 1. The van der Waals surface area contributed by atoms with E-state index < -0.39 is 0 Å². The Balaban J connectivity index is 1.63. The van der Waals surface area contributed by atoms with Gasteiger partial charge in [-0.15, -0.1) is 11.8 Å². The number of ether oxygens (including phenoxy) is 1. The molecule has 0 aliphatic heterocycles. The normalized spacial score (nSPS) is 17.4. The molecule has 3 rings (SSSR count). The lowest BCUT2D eigenvalue weighted by Crippen LogP contribution is -1.92. The van der Waals surface area contributed by atoms with Crippen LogP contribution in [0.4, 0.5) is 4.39 Å². The van der Waals surface area contributed by atoms with E-state index in [0.717, 1.165) is 18.4 Å². The minimum Gasteiger partial charge on any atom is -0.377 e. The van der Waals surface area contributed by atoms with Crippen molar-refractivity contribution in [3.63, 3.8) is 0 Å². The lowest BCUT2D eigenvalue weighted by Gasteiger charge is -2.09. The van der Waals surface area contributed by atoms with Crippen LogP contribution in [0, 0.1) is 5.82 Å². The Kier molecular flexibility index (Phi) is 4.03. The van der Waals surface area contributed by atoms with E-state index in [4.69, 9.17) is 9.26 Å². The molecule has 1 atom stereocenters. The number of benzene rings is 1. The third-order valence-corrected chi connectivity index (χ3v) is 4.63. The molecule has 0 fully saturated rings. The van der Waals surface area contributed by atoms with Crippen LogP contribution in [-0.2, 0) is 23.5 Å². The quantitative estimate of drug-likeness (QED) is 0.847. The zero-order valence-electron chi connectivity index (χ0n) is 11.1. The van der Waals surface area contributed by atoms with Gasteiger partial charge in [0.2, 0.25) is 5.89 Å². The largest absolute Gasteiger partial charge is 0.377 e. The first kappa shape index (κ1) is 13.6. The van der Waals surface area contributed by atoms with Crippen molar-refractivity contribution in [2.24, 2.45) is 0 Å². The highest BCUT2D eigenvalue weighted by atomic mass is 32.2. The molecule has 0 bridgehead atoms. The number of hydrogen-bond acceptors (Lipinski definition) is 5. The van der Waals surface area contributed by atoms with Crippen LogP contribution in [0.2, 0.25) is 0 Å². The smallest absolute Gasteiger partial charge is 0.236 e. The van der Waals surface area contributed by atoms with E-state index in [1.165, 1.54) is 11.6 Å². The second-order valence-corrected chi connectivity index (χ2v) is 5.91. The average molecular weight is 294 g/mol. The average Bonchev–Trinajstić information content (AvgIpc) is 3.03. The molecule has 4 nitrogen and oxygen atoms in total. The molecule has 0 spiro atoms. The third kappa shape index (κ3) is 2.86. The van der Waals surface area contributed by atoms with E-state index >= 15 is 0 Å². The van der Waals surface area contributed by atoms with Crippen molar-refractivity contribution in [2.45, 2.75) is 30.5 Å². The number of rotatable bonds is 5. The maximum Gasteiger partial charge on any atom is 0.236 e. The van der Waals surface area contributed by atoms with Gasteiger partial charge in [0, 0.05) is 12.4 Å². The Morgan fingerprint density at radius 1 is 1.50 bits per heavy atom. The van der Waals surface area contributed by atoms with Crippen molar-refractivity contribution in [3.8, 4) is 0 Å². The molecule has 6 heteroatoms. The van der Waals surface area contributed by atoms with E-state index in [2.05, 4.69) is 10.1 Å². The number of aryl methyl sites for hydroxylation is 1. The van der Waals surface area contributed by atoms with Crippen LogP contribution < -0.4 is 0 Å². The first-order valence-corrected chi connectivity index (χ1v) is 7.51. The van der Waals surface area contributed by atoms with Crippen molar-refractivity contribution in [1.82, 2.24) is 10.1 Å². The van der Waals surface area contributed by atoms with Gasteiger partial charge in [-0.1, -0.05) is 11.2 Å². The van der Waals surface area contributed by atoms with Crippen molar-refractivity contribution < 1.29 is 13.7 Å². The summed E-state index contributed by atoms with van der Waals surface area (Å²) in [5.41, 5.74) is 2.35. The summed E-state index contributed by atoms with van der Waals surface area (Å²) >= 11 is 1.72. The summed E-state index contributed by atoms with van der Waals surface area (Å²) in [7, 11) is 1.59. The highest BCUT2D eigenvalue weighted by Crippen LogP contribution is 2.42. The van der Waals surface area contributed by atoms with Gasteiger partial charge < -0.3 is 9.26 Å². The molecule has 1 aliphatic carbocycles. The molecule has 2 aromatic rings. The van der Waals surface area contributed by atoms with E-state index in [9.17, 15) is 4.39 Å². The maximum atomic E-state index is 13.3. The number of aromatic nitrogens is 2. The molecule has 1 aromatic carbocycles. The molecular formula is C14H15FN2O2S. The van der Waals surface area contributed by atoms with E-state index in [0.29, 0.717) is 29.3 Å². The minimum absolute atomic E-state index is 0.170. The molecule has 0 amide bonds. The van der Waals surface area contributed by atoms with Crippen LogP contribution in [0.5, 0.6) is 0 Å². The van der Waals surface area contributed by atoms with Crippen LogP contribution in [0.3, 0.4) is 0 Å². The van der Waals surface area contributed by atoms with Crippen LogP contribution in [-0.4, -0.2) is 17.3 Å². The summed E-state index contributed by atoms with van der Waals surface area (Å²) in [4.78, 5) is 4.24. The van der Waals surface area contributed by atoms with Crippen molar-refractivity contribution in [2.75, 3.05) is 7.11 Å². The lowest BCUT2D eigenvalue weighted by atomic mass is 10.1. The van der Waals surface area contributed by atoms with Crippen LogP contribution in [0.15, 0.2) is 22.7 Å². The topological polar surface area (TPSA) is 48.2 Å². The number of thioether (sulfide) groups is 1. The standard InChI is InChI=1S/C14H15FN2O2S/c1-18-7-13-16-14(19-17-13)8-20-12-5-3-9-2-4-10(15)6-11(9)12/h2,4,6,12H,3,5,7-8H2,1H3/t12-/m0/s1. The Morgan fingerprint density at radius 3 is 3.25 bits per heavy atom. The van der Waals surface area contributed by atoms with Gasteiger partial charge in [0.15, 0.2) is 5.82 Å². The summed E-state index contributed by atoms with van der Waals surface area (Å²) < 4.78 is 23.4. The highest BCUT2D eigenvalue weighted by Gasteiger charge is 2.24. The van der Waals surface area contributed by atoms with Crippen LogP contribution in [0.1, 0.15) is 34.5 Å².